The van der Waals surface area contributed by atoms with E-state index in [4.69, 9.17) is 9.47 Å². The van der Waals surface area contributed by atoms with Crippen LogP contribution in [0.4, 0.5) is 0 Å². The minimum atomic E-state index is 0.573. The number of benzene rings is 1. The van der Waals surface area contributed by atoms with Gasteiger partial charge in [0.05, 0.1) is 20.0 Å². The van der Waals surface area contributed by atoms with Crippen LogP contribution in [0.5, 0.6) is 5.75 Å². The number of methoxy groups -OCH3 is 1. The first-order valence-electron chi connectivity index (χ1n) is 6.95. The van der Waals surface area contributed by atoms with Gasteiger partial charge < -0.3 is 14.8 Å². The number of hydrogen-bond donors (Lipinski definition) is 1. The number of rotatable bonds is 7. The zero-order valence-corrected chi connectivity index (χ0v) is 11.7. The SMILES string of the molecule is C=COCCCNC1CCc2ccc(OC)cc2C1. The van der Waals surface area contributed by atoms with E-state index in [2.05, 4.69) is 30.1 Å². The zero-order valence-electron chi connectivity index (χ0n) is 11.7. The van der Waals surface area contributed by atoms with E-state index < -0.39 is 0 Å². The molecule has 1 aliphatic carbocycles. The summed E-state index contributed by atoms with van der Waals surface area (Å²) in [6, 6.07) is 6.99. The molecule has 0 spiro atoms. The maximum absolute atomic E-state index is 5.29. The lowest BCUT2D eigenvalue weighted by molar-refractivity contribution is 0.242. The second kappa shape index (κ2) is 7.19. The Morgan fingerprint density at radius 3 is 3.11 bits per heavy atom. The van der Waals surface area contributed by atoms with E-state index in [0.717, 1.165) is 38.2 Å². The van der Waals surface area contributed by atoms with Crippen LogP contribution >= 0.6 is 0 Å². The topological polar surface area (TPSA) is 30.5 Å². The normalized spacial score (nSPS) is 17.6. The van der Waals surface area contributed by atoms with Gasteiger partial charge in [-0.1, -0.05) is 12.6 Å². The highest BCUT2D eigenvalue weighted by Gasteiger charge is 2.18. The molecule has 19 heavy (non-hydrogen) atoms. The van der Waals surface area contributed by atoms with E-state index >= 15 is 0 Å². The van der Waals surface area contributed by atoms with Crippen LogP contribution < -0.4 is 10.1 Å². The van der Waals surface area contributed by atoms with Crippen LogP contribution in [0.25, 0.3) is 0 Å². The molecule has 3 heteroatoms. The molecule has 0 fully saturated rings. The van der Waals surface area contributed by atoms with Gasteiger partial charge in [-0.25, -0.2) is 0 Å². The van der Waals surface area contributed by atoms with Crippen LogP contribution in [-0.4, -0.2) is 26.3 Å². The number of fused-ring (bicyclic) bond motifs is 1. The fourth-order valence-corrected chi connectivity index (χ4v) is 2.58. The molecule has 0 heterocycles. The quantitative estimate of drug-likeness (QED) is 0.604. The van der Waals surface area contributed by atoms with Crippen LogP contribution in [0.3, 0.4) is 0 Å². The van der Waals surface area contributed by atoms with Gasteiger partial charge in [0.1, 0.15) is 5.75 Å². The molecular formula is C16H23NO2. The molecule has 0 amide bonds. The number of aryl methyl sites for hydroxylation is 1. The Morgan fingerprint density at radius 1 is 1.42 bits per heavy atom. The lowest BCUT2D eigenvalue weighted by atomic mass is 9.88. The third kappa shape index (κ3) is 4.00. The average molecular weight is 261 g/mol. The van der Waals surface area contributed by atoms with Gasteiger partial charge in [-0.2, -0.15) is 0 Å². The molecule has 0 bridgehead atoms. The van der Waals surface area contributed by atoms with Crippen molar-refractivity contribution < 1.29 is 9.47 Å². The molecule has 0 aliphatic heterocycles. The fourth-order valence-electron chi connectivity index (χ4n) is 2.58. The van der Waals surface area contributed by atoms with Crippen LogP contribution in [-0.2, 0) is 17.6 Å². The first-order valence-corrected chi connectivity index (χ1v) is 6.95. The minimum absolute atomic E-state index is 0.573. The predicted molar refractivity (Wildman–Crippen MR) is 77.6 cm³/mol. The second-order valence-electron chi connectivity index (χ2n) is 4.92. The van der Waals surface area contributed by atoms with Crippen molar-refractivity contribution in [3.63, 3.8) is 0 Å². The van der Waals surface area contributed by atoms with Crippen molar-refractivity contribution >= 4 is 0 Å². The first-order chi connectivity index (χ1) is 9.33. The van der Waals surface area contributed by atoms with Gasteiger partial charge in [-0.15, -0.1) is 0 Å². The Morgan fingerprint density at radius 2 is 2.32 bits per heavy atom. The molecule has 1 aromatic rings. The van der Waals surface area contributed by atoms with E-state index in [1.165, 1.54) is 23.8 Å². The largest absolute Gasteiger partial charge is 0.502 e. The van der Waals surface area contributed by atoms with Crippen molar-refractivity contribution in [2.24, 2.45) is 0 Å². The summed E-state index contributed by atoms with van der Waals surface area (Å²) in [5.41, 5.74) is 2.89. The fraction of sp³-hybridized carbons (Fsp3) is 0.500. The van der Waals surface area contributed by atoms with Crippen LogP contribution in [0, 0.1) is 0 Å². The highest BCUT2D eigenvalue weighted by atomic mass is 16.5. The summed E-state index contributed by atoms with van der Waals surface area (Å²) < 4.78 is 10.4. The molecule has 2 rings (SSSR count). The van der Waals surface area contributed by atoms with Crippen LogP contribution in [0.1, 0.15) is 24.0 Å². The van der Waals surface area contributed by atoms with Crippen molar-refractivity contribution in [1.82, 2.24) is 5.32 Å². The highest BCUT2D eigenvalue weighted by Crippen LogP contribution is 2.25. The molecule has 1 atom stereocenters. The van der Waals surface area contributed by atoms with E-state index in [9.17, 15) is 0 Å². The smallest absolute Gasteiger partial charge is 0.119 e. The molecule has 1 aromatic carbocycles. The Balaban J connectivity index is 1.81. The van der Waals surface area contributed by atoms with Gasteiger partial charge in [0, 0.05) is 6.04 Å². The third-order valence-corrected chi connectivity index (χ3v) is 3.63. The molecule has 0 saturated carbocycles. The Labute approximate surface area is 115 Å². The Hall–Kier alpha value is -1.48. The molecular weight excluding hydrogens is 238 g/mol. The van der Waals surface area contributed by atoms with Gasteiger partial charge in [0.25, 0.3) is 0 Å². The lowest BCUT2D eigenvalue weighted by Crippen LogP contribution is -2.35. The van der Waals surface area contributed by atoms with Crippen molar-refractivity contribution in [1.29, 1.82) is 0 Å². The monoisotopic (exact) mass is 261 g/mol. The summed E-state index contributed by atoms with van der Waals surface area (Å²) in [4.78, 5) is 0. The minimum Gasteiger partial charge on any atom is -0.502 e. The van der Waals surface area contributed by atoms with Crippen LogP contribution in [0.2, 0.25) is 0 Å². The van der Waals surface area contributed by atoms with Gasteiger partial charge in [-0.3, -0.25) is 0 Å². The van der Waals surface area contributed by atoms with Gasteiger partial charge in [-0.05, 0) is 55.5 Å². The summed E-state index contributed by atoms with van der Waals surface area (Å²) in [5.74, 6) is 0.957. The van der Waals surface area contributed by atoms with Gasteiger partial charge in [0.2, 0.25) is 0 Å². The Bertz CT molecular complexity index is 417. The van der Waals surface area contributed by atoms with E-state index in [0.29, 0.717) is 6.04 Å². The average Bonchev–Trinajstić information content (AvgIpc) is 2.46. The summed E-state index contributed by atoms with van der Waals surface area (Å²) in [5, 5.41) is 3.60. The van der Waals surface area contributed by atoms with Crippen LogP contribution in [0.15, 0.2) is 31.0 Å². The lowest BCUT2D eigenvalue weighted by Gasteiger charge is -2.26. The van der Waals surface area contributed by atoms with E-state index in [-0.39, 0.29) is 0 Å². The second-order valence-corrected chi connectivity index (χ2v) is 4.92. The molecule has 1 aliphatic rings. The van der Waals surface area contributed by atoms with Crippen molar-refractivity contribution in [2.75, 3.05) is 20.3 Å². The number of nitrogens with one attached hydrogen (secondary N) is 1. The van der Waals surface area contributed by atoms with Crippen molar-refractivity contribution in [3.05, 3.63) is 42.2 Å². The summed E-state index contributed by atoms with van der Waals surface area (Å²) in [6.07, 6.45) is 5.98. The molecule has 104 valence electrons. The summed E-state index contributed by atoms with van der Waals surface area (Å²) in [6.45, 7) is 5.28. The van der Waals surface area contributed by atoms with Gasteiger partial charge >= 0.3 is 0 Å². The molecule has 0 aromatic heterocycles. The summed E-state index contributed by atoms with van der Waals surface area (Å²) >= 11 is 0. The molecule has 0 saturated heterocycles. The number of hydrogen-bond acceptors (Lipinski definition) is 3. The predicted octanol–water partition coefficient (Wildman–Crippen LogP) is 2.69. The first kappa shape index (κ1) is 13.9. The van der Waals surface area contributed by atoms with Crippen molar-refractivity contribution in [3.8, 4) is 5.75 Å². The standard InChI is InChI=1S/C16H23NO2/c1-3-19-10-4-9-17-15-7-5-13-6-8-16(18-2)12-14(13)11-15/h3,6,8,12,15,17H,1,4-5,7,9-11H2,2H3. The molecule has 1 unspecified atom stereocenters. The van der Waals surface area contributed by atoms with Crippen molar-refractivity contribution in [2.45, 2.75) is 31.7 Å². The maximum Gasteiger partial charge on any atom is 0.119 e. The highest BCUT2D eigenvalue weighted by molar-refractivity contribution is 5.37. The third-order valence-electron chi connectivity index (χ3n) is 3.63. The zero-order chi connectivity index (χ0) is 13.5. The Kier molecular flexibility index (Phi) is 5.28. The molecule has 3 nitrogen and oxygen atoms in total. The number of ether oxygens (including phenoxy) is 2. The van der Waals surface area contributed by atoms with Gasteiger partial charge in [0.15, 0.2) is 0 Å². The van der Waals surface area contributed by atoms with E-state index in [1.807, 2.05) is 0 Å². The molecule has 0 radical (unpaired) electrons. The maximum atomic E-state index is 5.29. The van der Waals surface area contributed by atoms with E-state index in [1.54, 1.807) is 7.11 Å². The summed E-state index contributed by atoms with van der Waals surface area (Å²) in [7, 11) is 1.72. The molecule has 1 N–H and O–H groups in total.